The van der Waals surface area contributed by atoms with Crippen LogP contribution in [0.3, 0.4) is 0 Å². The minimum absolute atomic E-state index is 0.0347. The van der Waals surface area contributed by atoms with Crippen molar-refractivity contribution < 1.29 is 14.3 Å². The molecular weight excluding hydrogens is 462 g/mol. The highest BCUT2D eigenvalue weighted by molar-refractivity contribution is 6.37. The number of hydrogen-bond donors (Lipinski definition) is 0. The fraction of sp³-hybridized carbons (Fsp3) is 0.286. The van der Waals surface area contributed by atoms with Crippen molar-refractivity contribution in [3.63, 3.8) is 0 Å². The van der Waals surface area contributed by atoms with Crippen molar-refractivity contribution in [2.24, 2.45) is 0 Å². The molecule has 3 heterocycles. The number of pyridine rings is 1. The van der Waals surface area contributed by atoms with Crippen LogP contribution >= 0.6 is 11.6 Å². The third-order valence-corrected chi connectivity index (χ3v) is 6.98. The molecule has 0 spiro atoms. The van der Waals surface area contributed by atoms with Gasteiger partial charge in [-0.25, -0.2) is 0 Å². The van der Waals surface area contributed by atoms with E-state index in [1.807, 2.05) is 59.6 Å². The standard InChI is InChI=1S/C28H28ClN3O3/c1-34-26-11-8-19(15-27(26)35-2)14-23-22-10-9-21(29)16-25(22)32(28(23)33)18-31-13-4-3-7-24(31)20-6-5-12-30-17-20/h5-6,8-12,14-17,24H,3-4,7,13,18H2,1-2H3/b23-14-. The largest absolute Gasteiger partial charge is 0.493 e. The number of rotatable bonds is 6. The normalized spacial score (nSPS) is 19.2. The zero-order valence-corrected chi connectivity index (χ0v) is 20.7. The first-order chi connectivity index (χ1) is 17.1. The predicted molar refractivity (Wildman–Crippen MR) is 139 cm³/mol. The van der Waals surface area contributed by atoms with E-state index in [1.165, 1.54) is 5.56 Å². The molecule has 0 bridgehead atoms. The molecule has 0 N–H and O–H groups in total. The second kappa shape index (κ2) is 10.1. The van der Waals surface area contributed by atoms with Crippen LogP contribution in [0.1, 0.15) is 42.0 Å². The smallest absolute Gasteiger partial charge is 0.260 e. The number of carbonyl (C=O) groups excluding carboxylic acids is 1. The van der Waals surface area contributed by atoms with Crippen LogP contribution in [0.2, 0.25) is 5.02 Å². The van der Waals surface area contributed by atoms with Gasteiger partial charge in [0, 0.05) is 41.1 Å². The molecule has 180 valence electrons. The maximum atomic E-state index is 13.8. The molecule has 0 aliphatic carbocycles. The van der Waals surface area contributed by atoms with Crippen LogP contribution < -0.4 is 14.4 Å². The quantitative estimate of drug-likeness (QED) is 0.408. The number of ether oxygens (including phenoxy) is 2. The second-order valence-corrected chi connectivity index (χ2v) is 9.26. The molecule has 1 fully saturated rings. The van der Waals surface area contributed by atoms with Gasteiger partial charge in [0.25, 0.3) is 5.91 Å². The minimum atomic E-state index is -0.0347. The number of anilines is 1. The summed E-state index contributed by atoms with van der Waals surface area (Å²) in [5, 5.41) is 0.608. The molecule has 35 heavy (non-hydrogen) atoms. The zero-order chi connectivity index (χ0) is 24.4. The molecule has 2 aliphatic heterocycles. The molecule has 1 unspecified atom stereocenters. The highest BCUT2D eigenvalue weighted by atomic mass is 35.5. The van der Waals surface area contributed by atoms with E-state index in [4.69, 9.17) is 21.1 Å². The van der Waals surface area contributed by atoms with E-state index >= 15 is 0 Å². The fourth-order valence-electron chi connectivity index (χ4n) is 5.01. The number of likely N-dealkylation sites (tertiary alicyclic amines) is 1. The molecule has 1 atom stereocenters. The Bertz CT molecular complexity index is 1260. The molecule has 3 aromatic rings. The lowest BCUT2D eigenvalue weighted by atomic mass is 9.97. The summed E-state index contributed by atoms with van der Waals surface area (Å²) < 4.78 is 10.8. The maximum Gasteiger partial charge on any atom is 0.260 e. The number of carbonyl (C=O) groups is 1. The van der Waals surface area contributed by atoms with Crippen LogP contribution in [0.5, 0.6) is 11.5 Å². The van der Waals surface area contributed by atoms with Gasteiger partial charge in [-0.2, -0.15) is 0 Å². The minimum Gasteiger partial charge on any atom is -0.493 e. The summed E-state index contributed by atoms with van der Waals surface area (Å²) in [5.41, 5.74) is 4.40. The van der Waals surface area contributed by atoms with Gasteiger partial charge in [-0.3, -0.25) is 19.6 Å². The van der Waals surface area contributed by atoms with Gasteiger partial charge < -0.3 is 9.47 Å². The first-order valence-electron chi connectivity index (χ1n) is 11.8. The van der Waals surface area contributed by atoms with E-state index in [9.17, 15) is 4.79 Å². The van der Waals surface area contributed by atoms with Gasteiger partial charge in [0.15, 0.2) is 11.5 Å². The Hall–Kier alpha value is -3.35. The SMILES string of the molecule is COc1ccc(/C=C2\C(=O)N(CN3CCCCC3c3cccnc3)c3cc(Cl)ccc32)cc1OC. The van der Waals surface area contributed by atoms with Crippen molar-refractivity contribution in [1.82, 2.24) is 9.88 Å². The van der Waals surface area contributed by atoms with E-state index < -0.39 is 0 Å². The van der Waals surface area contributed by atoms with Gasteiger partial charge in [-0.1, -0.05) is 36.2 Å². The third kappa shape index (κ3) is 4.64. The van der Waals surface area contributed by atoms with E-state index in [0.29, 0.717) is 28.8 Å². The highest BCUT2D eigenvalue weighted by Gasteiger charge is 2.35. The van der Waals surface area contributed by atoms with Gasteiger partial charge in [0.05, 0.1) is 26.6 Å². The molecule has 1 saturated heterocycles. The number of aromatic nitrogens is 1. The Morgan fingerprint density at radius 3 is 2.71 bits per heavy atom. The van der Waals surface area contributed by atoms with Crippen molar-refractivity contribution in [2.45, 2.75) is 25.3 Å². The monoisotopic (exact) mass is 489 g/mol. The van der Waals surface area contributed by atoms with Crippen LogP contribution in [0.25, 0.3) is 11.6 Å². The van der Waals surface area contributed by atoms with Crippen molar-refractivity contribution >= 4 is 34.8 Å². The van der Waals surface area contributed by atoms with E-state index in [1.54, 1.807) is 20.4 Å². The average molecular weight is 490 g/mol. The van der Waals surface area contributed by atoms with Gasteiger partial charge in [-0.15, -0.1) is 0 Å². The Morgan fingerprint density at radius 1 is 1.09 bits per heavy atom. The summed E-state index contributed by atoms with van der Waals surface area (Å²) in [7, 11) is 3.21. The lowest BCUT2D eigenvalue weighted by Gasteiger charge is -2.38. The number of fused-ring (bicyclic) bond motifs is 1. The predicted octanol–water partition coefficient (Wildman–Crippen LogP) is 5.82. The van der Waals surface area contributed by atoms with Gasteiger partial charge in [0.1, 0.15) is 0 Å². The Balaban J connectivity index is 1.50. The van der Waals surface area contributed by atoms with Gasteiger partial charge >= 0.3 is 0 Å². The molecule has 6 nitrogen and oxygen atoms in total. The zero-order valence-electron chi connectivity index (χ0n) is 19.9. The number of piperidine rings is 1. The summed E-state index contributed by atoms with van der Waals surface area (Å²) in [4.78, 5) is 22.3. The molecule has 5 rings (SSSR count). The van der Waals surface area contributed by atoms with E-state index in [-0.39, 0.29) is 11.9 Å². The summed E-state index contributed by atoms with van der Waals surface area (Å²) in [6, 6.07) is 15.6. The van der Waals surface area contributed by atoms with Crippen molar-refractivity contribution in [2.75, 3.05) is 32.3 Å². The summed E-state index contributed by atoms with van der Waals surface area (Å²) >= 11 is 6.37. The Morgan fingerprint density at radius 2 is 1.94 bits per heavy atom. The van der Waals surface area contributed by atoms with E-state index in [0.717, 1.165) is 42.6 Å². The number of benzene rings is 2. The molecule has 2 aromatic carbocycles. The Kier molecular flexibility index (Phi) is 6.75. The van der Waals surface area contributed by atoms with Crippen molar-refractivity contribution in [3.05, 3.63) is 82.6 Å². The molecule has 2 aliphatic rings. The van der Waals surface area contributed by atoms with Crippen LogP contribution in [0.4, 0.5) is 5.69 Å². The highest BCUT2D eigenvalue weighted by Crippen LogP contribution is 2.41. The Labute approximate surface area is 210 Å². The number of nitrogens with zero attached hydrogens (tertiary/aromatic N) is 3. The summed E-state index contributed by atoms with van der Waals surface area (Å²) in [5.74, 6) is 1.23. The van der Waals surface area contributed by atoms with Crippen molar-refractivity contribution in [3.8, 4) is 11.5 Å². The van der Waals surface area contributed by atoms with Crippen LogP contribution in [0, 0.1) is 0 Å². The van der Waals surface area contributed by atoms with Crippen LogP contribution in [-0.2, 0) is 4.79 Å². The molecule has 1 amide bonds. The average Bonchev–Trinajstić information content (AvgIpc) is 3.14. The lowest BCUT2D eigenvalue weighted by molar-refractivity contribution is -0.113. The fourth-order valence-corrected chi connectivity index (χ4v) is 5.17. The number of methoxy groups -OCH3 is 2. The molecule has 1 aromatic heterocycles. The topological polar surface area (TPSA) is 54.9 Å². The molecule has 7 heteroatoms. The number of halogens is 1. The van der Waals surface area contributed by atoms with Crippen LogP contribution in [0.15, 0.2) is 60.9 Å². The first kappa shape index (κ1) is 23.4. The van der Waals surface area contributed by atoms with Gasteiger partial charge in [0.2, 0.25) is 0 Å². The second-order valence-electron chi connectivity index (χ2n) is 8.82. The lowest BCUT2D eigenvalue weighted by Crippen LogP contribution is -2.43. The molecular formula is C28H28ClN3O3. The summed E-state index contributed by atoms with van der Waals surface area (Å²) in [6.07, 6.45) is 8.95. The number of amides is 1. The maximum absolute atomic E-state index is 13.8. The van der Waals surface area contributed by atoms with E-state index in [2.05, 4.69) is 16.0 Å². The molecule has 0 radical (unpaired) electrons. The van der Waals surface area contributed by atoms with Crippen LogP contribution in [-0.4, -0.2) is 43.2 Å². The van der Waals surface area contributed by atoms with Crippen molar-refractivity contribution in [1.29, 1.82) is 0 Å². The third-order valence-electron chi connectivity index (χ3n) is 6.74. The van der Waals surface area contributed by atoms with Gasteiger partial charge in [-0.05, 0) is 60.4 Å². The first-order valence-corrected chi connectivity index (χ1v) is 12.2. The number of hydrogen-bond acceptors (Lipinski definition) is 5. The molecule has 0 saturated carbocycles. The summed E-state index contributed by atoms with van der Waals surface area (Å²) in [6.45, 7) is 1.42.